The minimum atomic E-state index is -3.89. The van der Waals surface area contributed by atoms with Gasteiger partial charge in [0.2, 0.25) is 15.9 Å². The van der Waals surface area contributed by atoms with Crippen LogP contribution in [0.15, 0.2) is 47.4 Å². The van der Waals surface area contributed by atoms with E-state index in [4.69, 9.17) is 4.74 Å². The average Bonchev–Trinajstić information content (AvgIpc) is 2.60. The summed E-state index contributed by atoms with van der Waals surface area (Å²) in [5.74, 6) is -0.398. The second kappa shape index (κ2) is 8.29. The fraction of sp³-hybridized carbons (Fsp3) is 0.278. The zero-order valence-electron chi connectivity index (χ0n) is 14.7. The number of hydrogen-bond donors (Lipinski definition) is 2. The van der Waals surface area contributed by atoms with Crippen LogP contribution in [0.2, 0.25) is 0 Å². The van der Waals surface area contributed by atoms with Crippen LogP contribution in [0.5, 0.6) is 5.75 Å². The van der Waals surface area contributed by atoms with Gasteiger partial charge in [-0.15, -0.1) is 0 Å². The van der Waals surface area contributed by atoms with Gasteiger partial charge >= 0.3 is 0 Å². The summed E-state index contributed by atoms with van der Waals surface area (Å²) in [6, 6.07) is 9.59. The Bertz CT molecular complexity index is 883. The Labute approximate surface area is 152 Å². The molecule has 2 rings (SSSR count). The smallest absolute Gasteiger partial charge is 0.241 e. The Morgan fingerprint density at radius 1 is 1.19 bits per heavy atom. The maximum Gasteiger partial charge on any atom is 0.241 e. The molecule has 6 nitrogen and oxygen atoms in total. The molecule has 2 aromatic carbocycles. The molecule has 0 aromatic heterocycles. The molecular formula is C18H21FN2O4S. The lowest BCUT2D eigenvalue weighted by Crippen LogP contribution is -2.38. The SMILES string of the molecule is COc1ccc(C)cc1[C@@H](C)NC(=O)CNS(=O)(=O)c1ccc(F)cc1. The van der Waals surface area contributed by atoms with E-state index >= 15 is 0 Å². The third-order valence-electron chi connectivity index (χ3n) is 3.78. The van der Waals surface area contributed by atoms with Gasteiger partial charge in [0.05, 0.1) is 24.6 Å². The van der Waals surface area contributed by atoms with Gasteiger partial charge < -0.3 is 10.1 Å². The number of aryl methyl sites for hydroxylation is 1. The summed E-state index contributed by atoms with van der Waals surface area (Å²) in [6.07, 6.45) is 0. The fourth-order valence-corrected chi connectivity index (χ4v) is 3.40. The van der Waals surface area contributed by atoms with Crippen molar-refractivity contribution >= 4 is 15.9 Å². The molecule has 0 fully saturated rings. The Balaban J connectivity index is 2.00. The van der Waals surface area contributed by atoms with E-state index in [9.17, 15) is 17.6 Å². The number of carbonyl (C=O) groups excluding carboxylic acids is 1. The Morgan fingerprint density at radius 3 is 2.46 bits per heavy atom. The van der Waals surface area contributed by atoms with Crippen LogP contribution in [0.25, 0.3) is 0 Å². The minimum absolute atomic E-state index is 0.111. The van der Waals surface area contributed by atoms with Crippen LogP contribution >= 0.6 is 0 Å². The van der Waals surface area contributed by atoms with E-state index < -0.39 is 28.3 Å². The first-order valence-electron chi connectivity index (χ1n) is 7.92. The molecular weight excluding hydrogens is 359 g/mol. The lowest BCUT2D eigenvalue weighted by atomic mass is 10.0. The molecule has 1 amide bonds. The van der Waals surface area contributed by atoms with Crippen molar-refractivity contribution < 1.29 is 22.3 Å². The summed E-state index contributed by atoms with van der Waals surface area (Å²) in [4.78, 5) is 12.0. The monoisotopic (exact) mass is 380 g/mol. The van der Waals surface area contributed by atoms with Crippen molar-refractivity contribution in [2.24, 2.45) is 0 Å². The van der Waals surface area contributed by atoms with Crippen molar-refractivity contribution in [3.8, 4) is 5.75 Å². The van der Waals surface area contributed by atoms with Gasteiger partial charge in [-0.2, -0.15) is 0 Å². The lowest BCUT2D eigenvalue weighted by Gasteiger charge is -2.18. The highest BCUT2D eigenvalue weighted by atomic mass is 32.2. The van der Waals surface area contributed by atoms with E-state index in [1.54, 1.807) is 14.0 Å². The average molecular weight is 380 g/mol. The number of benzene rings is 2. The van der Waals surface area contributed by atoms with Crippen molar-refractivity contribution in [1.29, 1.82) is 0 Å². The van der Waals surface area contributed by atoms with E-state index in [0.717, 1.165) is 35.4 Å². The number of hydrogen-bond acceptors (Lipinski definition) is 4. The maximum absolute atomic E-state index is 12.9. The number of rotatable bonds is 7. The number of amides is 1. The molecule has 1 atom stereocenters. The van der Waals surface area contributed by atoms with E-state index in [-0.39, 0.29) is 10.9 Å². The Morgan fingerprint density at radius 2 is 1.85 bits per heavy atom. The number of halogens is 1. The summed E-state index contributed by atoms with van der Waals surface area (Å²) in [5, 5.41) is 2.73. The highest BCUT2D eigenvalue weighted by Crippen LogP contribution is 2.25. The zero-order chi connectivity index (χ0) is 19.3. The van der Waals surface area contributed by atoms with Gasteiger partial charge in [-0.25, -0.2) is 17.5 Å². The molecule has 0 saturated heterocycles. The topological polar surface area (TPSA) is 84.5 Å². The van der Waals surface area contributed by atoms with Crippen LogP contribution in [0, 0.1) is 12.7 Å². The molecule has 2 N–H and O–H groups in total. The first kappa shape index (κ1) is 19.9. The van der Waals surface area contributed by atoms with Gasteiger partial charge in [0.25, 0.3) is 0 Å². The maximum atomic E-state index is 12.9. The van der Waals surface area contributed by atoms with Gasteiger partial charge in [0, 0.05) is 5.56 Å². The van der Waals surface area contributed by atoms with E-state index in [2.05, 4.69) is 10.0 Å². The van der Waals surface area contributed by atoms with Crippen LogP contribution in [-0.4, -0.2) is 28.0 Å². The molecule has 0 saturated carbocycles. The van der Waals surface area contributed by atoms with Crippen LogP contribution in [0.1, 0.15) is 24.1 Å². The zero-order valence-corrected chi connectivity index (χ0v) is 15.6. The van der Waals surface area contributed by atoms with Crippen LogP contribution < -0.4 is 14.8 Å². The van der Waals surface area contributed by atoms with Gasteiger partial charge in [-0.1, -0.05) is 17.7 Å². The molecule has 0 aliphatic carbocycles. The predicted molar refractivity (Wildman–Crippen MR) is 95.9 cm³/mol. The van der Waals surface area contributed by atoms with Crippen molar-refractivity contribution in [2.75, 3.05) is 13.7 Å². The van der Waals surface area contributed by atoms with Gasteiger partial charge in [-0.05, 0) is 44.2 Å². The van der Waals surface area contributed by atoms with Gasteiger partial charge in [0.15, 0.2) is 0 Å². The summed E-state index contributed by atoms with van der Waals surface area (Å²) >= 11 is 0. The normalized spacial score (nSPS) is 12.5. The standard InChI is InChI=1S/C18H21FN2O4S/c1-12-4-9-17(25-3)16(10-12)13(2)21-18(22)11-20-26(23,24)15-7-5-14(19)6-8-15/h4-10,13,20H,11H2,1-3H3,(H,21,22)/t13-/m1/s1. The lowest BCUT2D eigenvalue weighted by molar-refractivity contribution is -0.120. The Kier molecular flexibility index (Phi) is 6.33. The summed E-state index contributed by atoms with van der Waals surface area (Å²) in [6.45, 7) is 3.27. The number of nitrogens with one attached hydrogen (secondary N) is 2. The molecule has 8 heteroatoms. The molecule has 26 heavy (non-hydrogen) atoms. The Hall–Kier alpha value is -2.45. The summed E-state index contributed by atoms with van der Waals surface area (Å²) in [5.41, 5.74) is 1.81. The second-order valence-electron chi connectivity index (χ2n) is 5.81. The largest absolute Gasteiger partial charge is 0.496 e. The van der Waals surface area contributed by atoms with E-state index in [1.807, 2.05) is 25.1 Å². The number of sulfonamides is 1. The third kappa shape index (κ3) is 5.03. The van der Waals surface area contributed by atoms with Gasteiger partial charge in [0.1, 0.15) is 11.6 Å². The van der Waals surface area contributed by atoms with Crippen molar-refractivity contribution in [3.63, 3.8) is 0 Å². The van der Waals surface area contributed by atoms with Crippen LogP contribution in [-0.2, 0) is 14.8 Å². The van der Waals surface area contributed by atoms with E-state index in [1.165, 1.54) is 0 Å². The summed E-state index contributed by atoms with van der Waals surface area (Å²) in [7, 11) is -2.35. The van der Waals surface area contributed by atoms with Crippen LogP contribution in [0.4, 0.5) is 4.39 Å². The number of methoxy groups -OCH3 is 1. The predicted octanol–water partition coefficient (Wildman–Crippen LogP) is 2.30. The van der Waals surface area contributed by atoms with Crippen molar-refractivity contribution in [1.82, 2.24) is 10.0 Å². The quantitative estimate of drug-likeness (QED) is 0.772. The molecule has 0 unspecified atom stereocenters. The second-order valence-corrected chi connectivity index (χ2v) is 7.58. The molecule has 2 aromatic rings. The molecule has 0 heterocycles. The van der Waals surface area contributed by atoms with Crippen molar-refractivity contribution in [3.05, 3.63) is 59.4 Å². The first-order chi connectivity index (χ1) is 12.2. The number of ether oxygens (including phenoxy) is 1. The molecule has 0 spiro atoms. The fourth-order valence-electron chi connectivity index (χ4n) is 2.42. The highest BCUT2D eigenvalue weighted by molar-refractivity contribution is 7.89. The van der Waals surface area contributed by atoms with Crippen LogP contribution in [0.3, 0.4) is 0 Å². The minimum Gasteiger partial charge on any atom is -0.496 e. The first-order valence-corrected chi connectivity index (χ1v) is 9.40. The summed E-state index contributed by atoms with van der Waals surface area (Å²) < 4.78 is 44.6. The molecule has 0 aliphatic rings. The van der Waals surface area contributed by atoms with E-state index in [0.29, 0.717) is 5.75 Å². The molecule has 0 aliphatic heterocycles. The van der Waals surface area contributed by atoms with Crippen molar-refractivity contribution in [2.45, 2.75) is 24.8 Å². The third-order valence-corrected chi connectivity index (χ3v) is 5.19. The van der Waals surface area contributed by atoms with Gasteiger partial charge in [-0.3, -0.25) is 4.79 Å². The number of carbonyl (C=O) groups is 1. The molecule has 0 radical (unpaired) electrons. The molecule has 0 bridgehead atoms. The molecule has 140 valence electrons. The highest BCUT2D eigenvalue weighted by Gasteiger charge is 2.18.